The van der Waals surface area contributed by atoms with E-state index in [1.54, 1.807) is 0 Å². The molecule has 0 aromatic carbocycles. The van der Waals surface area contributed by atoms with Crippen molar-refractivity contribution in [1.82, 2.24) is 0 Å². The highest BCUT2D eigenvalue weighted by atomic mass is 31.2. The molecule has 5 atom stereocenters. The Hall–Kier alpha value is -4.54. The van der Waals surface area contributed by atoms with E-state index in [0.29, 0.717) is 25.7 Å². The summed E-state index contributed by atoms with van der Waals surface area (Å²) in [4.78, 5) is 73.0. The van der Waals surface area contributed by atoms with E-state index in [4.69, 9.17) is 37.0 Å². The average molecular weight is 1470 g/mol. The Morgan fingerprint density at radius 1 is 0.284 bits per heavy atom. The highest BCUT2D eigenvalue weighted by molar-refractivity contribution is 7.47. The molecule has 0 aliphatic heterocycles. The molecule has 0 aromatic heterocycles. The summed E-state index contributed by atoms with van der Waals surface area (Å²) in [5.41, 5.74) is 0. The van der Waals surface area contributed by atoms with E-state index in [1.165, 1.54) is 12.8 Å². The Kier molecular flexibility index (Phi) is 71.4. The molecule has 0 rings (SSSR count). The summed E-state index contributed by atoms with van der Waals surface area (Å²) >= 11 is 0. The van der Waals surface area contributed by atoms with E-state index in [2.05, 4.69) is 149 Å². The molecule has 586 valence electrons. The number of ether oxygens (including phenoxy) is 4. The van der Waals surface area contributed by atoms with Gasteiger partial charge < -0.3 is 33.8 Å². The first-order valence-corrected chi connectivity index (χ1v) is 42.8. The molecule has 0 saturated heterocycles. The summed E-state index contributed by atoms with van der Waals surface area (Å²) in [6.07, 6.45) is 81.8. The van der Waals surface area contributed by atoms with Crippen molar-refractivity contribution in [1.29, 1.82) is 0 Å². The quantitative estimate of drug-likeness (QED) is 0.0169. The molecule has 0 aliphatic rings. The largest absolute Gasteiger partial charge is 0.472 e. The summed E-state index contributed by atoms with van der Waals surface area (Å²) in [6, 6.07) is 0. The van der Waals surface area contributed by atoms with Crippen LogP contribution in [0, 0.1) is 0 Å². The first-order chi connectivity index (χ1) is 49.7. The van der Waals surface area contributed by atoms with Crippen LogP contribution in [-0.4, -0.2) is 96.7 Å². The van der Waals surface area contributed by atoms with Gasteiger partial charge in [-0.3, -0.25) is 37.3 Å². The lowest BCUT2D eigenvalue weighted by Crippen LogP contribution is -2.30. The number of esters is 4. The van der Waals surface area contributed by atoms with Crippen LogP contribution in [0.2, 0.25) is 0 Å². The van der Waals surface area contributed by atoms with E-state index >= 15 is 0 Å². The van der Waals surface area contributed by atoms with Gasteiger partial charge in [0.25, 0.3) is 0 Å². The van der Waals surface area contributed by atoms with Crippen molar-refractivity contribution in [3.63, 3.8) is 0 Å². The predicted octanol–water partition coefficient (Wildman–Crippen LogP) is 23.1. The molecule has 0 aliphatic carbocycles. The third-order valence-electron chi connectivity index (χ3n) is 16.4. The Morgan fingerprint density at radius 3 is 0.794 bits per heavy atom. The minimum atomic E-state index is -4.98. The third kappa shape index (κ3) is 73.8. The fourth-order valence-electron chi connectivity index (χ4n) is 10.4. The van der Waals surface area contributed by atoms with Gasteiger partial charge in [0.05, 0.1) is 26.4 Å². The maximum Gasteiger partial charge on any atom is 0.472 e. The zero-order chi connectivity index (χ0) is 74.6. The van der Waals surface area contributed by atoms with Gasteiger partial charge in [-0.25, -0.2) is 9.13 Å². The Balaban J connectivity index is 5.34. The van der Waals surface area contributed by atoms with Crippen molar-refractivity contribution >= 4 is 39.5 Å². The van der Waals surface area contributed by atoms with E-state index in [9.17, 15) is 43.2 Å². The van der Waals surface area contributed by atoms with Gasteiger partial charge >= 0.3 is 39.5 Å². The number of rotatable bonds is 74. The first kappa shape index (κ1) is 97.5. The van der Waals surface area contributed by atoms with Crippen molar-refractivity contribution in [2.24, 2.45) is 0 Å². The van der Waals surface area contributed by atoms with Crippen molar-refractivity contribution in [2.75, 3.05) is 39.6 Å². The van der Waals surface area contributed by atoms with Gasteiger partial charge in [-0.1, -0.05) is 278 Å². The maximum atomic E-state index is 13.1. The van der Waals surface area contributed by atoms with E-state index in [-0.39, 0.29) is 25.7 Å². The molecule has 19 heteroatoms. The molecule has 5 unspecified atom stereocenters. The second-order valence-corrected chi connectivity index (χ2v) is 29.1. The standard InChI is InChI=1S/C83H142O17P2/c1-5-9-13-17-21-25-29-32-35-38-41-44-48-51-55-59-63-67-80(85)93-73-78(99-82(87)69-65-61-57-53-47-28-24-20-16-12-8-4)75-97-101(89,90)95-71-77(84)72-96-102(91,92)98-76-79(100-83(88)70-66-62-58-54-50-46-43-40-37-34-31-27-23-19-15-11-7-3)74-94-81(86)68-64-60-56-52-49-45-42-39-36-33-30-26-22-18-14-10-6-2/h9-11,13-15,20-27,32-37,77-79,84H,5-8,12,16-19,28-31,38-76H2,1-4H3,(H,89,90)(H,91,92)/b13-9-,14-10-,15-11-,24-20-,25-21-,26-22-,27-23-,35-32-,36-33-,37-34-. The highest BCUT2D eigenvalue weighted by Gasteiger charge is 2.30. The molecule has 0 aromatic rings. The van der Waals surface area contributed by atoms with Crippen molar-refractivity contribution in [3.8, 4) is 0 Å². The molecule has 0 fully saturated rings. The Morgan fingerprint density at radius 2 is 0.510 bits per heavy atom. The van der Waals surface area contributed by atoms with Crippen LogP contribution in [0.3, 0.4) is 0 Å². The second-order valence-electron chi connectivity index (χ2n) is 26.2. The number of hydrogen-bond donors (Lipinski definition) is 3. The molecular weight excluding hydrogens is 1330 g/mol. The number of aliphatic hydroxyl groups excluding tert-OH is 1. The van der Waals surface area contributed by atoms with Crippen LogP contribution >= 0.6 is 15.6 Å². The van der Waals surface area contributed by atoms with Gasteiger partial charge in [0.1, 0.15) is 19.3 Å². The summed E-state index contributed by atoms with van der Waals surface area (Å²) in [6.45, 7) is 4.49. The fraction of sp³-hybridized carbons (Fsp3) is 0.711. The van der Waals surface area contributed by atoms with Crippen LogP contribution in [0.5, 0.6) is 0 Å². The number of unbranched alkanes of at least 4 members (excludes halogenated alkanes) is 28. The fourth-order valence-corrected chi connectivity index (χ4v) is 12.0. The third-order valence-corrected chi connectivity index (χ3v) is 18.3. The van der Waals surface area contributed by atoms with E-state index in [0.717, 1.165) is 231 Å². The average Bonchev–Trinajstić information content (AvgIpc) is 0.923. The van der Waals surface area contributed by atoms with Crippen LogP contribution in [0.1, 0.15) is 323 Å². The van der Waals surface area contributed by atoms with Gasteiger partial charge in [0.2, 0.25) is 0 Å². The zero-order valence-electron chi connectivity index (χ0n) is 64.0. The molecular formula is C83H142O17P2. The summed E-state index contributed by atoms with van der Waals surface area (Å²) < 4.78 is 68.6. The van der Waals surface area contributed by atoms with E-state index < -0.39 is 97.5 Å². The molecule has 0 amide bonds. The lowest BCUT2D eigenvalue weighted by Gasteiger charge is -2.21. The summed E-state index contributed by atoms with van der Waals surface area (Å²) in [5, 5.41) is 10.6. The van der Waals surface area contributed by atoms with Crippen LogP contribution in [0.25, 0.3) is 0 Å². The molecule has 3 N–H and O–H groups in total. The van der Waals surface area contributed by atoms with Crippen molar-refractivity contribution in [2.45, 2.75) is 341 Å². The minimum absolute atomic E-state index is 0.0796. The molecule has 0 heterocycles. The molecule has 0 saturated carbocycles. The first-order valence-electron chi connectivity index (χ1n) is 39.8. The van der Waals surface area contributed by atoms with Gasteiger partial charge in [-0.05, 0) is 141 Å². The smallest absolute Gasteiger partial charge is 0.462 e. The predicted molar refractivity (Wildman–Crippen MR) is 418 cm³/mol. The molecule has 0 spiro atoms. The lowest BCUT2D eigenvalue weighted by molar-refractivity contribution is -0.161. The Bertz CT molecular complexity index is 2410. The summed E-state index contributed by atoms with van der Waals surface area (Å²) in [5.74, 6) is -2.21. The minimum Gasteiger partial charge on any atom is -0.462 e. The van der Waals surface area contributed by atoms with Gasteiger partial charge in [0, 0.05) is 25.7 Å². The number of hydrogen-bond acceptors (Lipinski definition) is 15. The molecule has 17 nitrogen and oxygen atoms in total. The number of carbonyl (C=O) groups excluding carboxylic acids is 4. The molecule has 0 bridgehead atoms. The molecule has 102 heavy (non-hydrogen) atoms. The number of allylic oxidation sites excluding steroid dienone is 20. The van der Waals surface area contributed by atoms with Gasteiger partial charge in [-0.15, -0.1) is 0 Å². The van der Waals surface area contributed by atoms with Crippen LogP contribution in [0.4, 0.5) is 0 Å². The van der Waals surface area contributed by atoms with Crippen LogP contribution in [0.15, 0.2) is 122 Å². The van der Waals surface area contributed by atoms with Crippen molar-refractivity contribution in [3.05, 3.63) is 122 Å². The lowest BCUT2D eigenvalue weighted by atomic mass is 10.1. The SMILES string of the molecule is CC/C=C\C/C=C\C/C=C\CCCCCCCCCC(=O)OCC(COP(=O)(O)OCC(O)COP(=O)(O)OCC(COC(=O)CCCCCCCCC/C=C\C/C=C\C/C=C\CC)OC(=O)CCCCCCCCC/C=C\C/C=C\C/C=C\CC)OC(=O)CCCCCCC/C=C\CCCC. The number of phosphoric ester groups is 2. The Labute approximate surface area is 619 Å². The van der Waals surface area contributed by atoms with Gasteiger partial charge in [-0.2, -0.15) is 0 Å². The van der Waals surface area contributed by atoms with Crippen LogP contribution in [-0.2, 0) is 65.4 Å². The maximum absolute atomic E-state index is 13.1. The number of carbonyl (C=O) groups is 4. The zero-order valence-corrected chi connectivity index (χ0v) is 65.8. The summed E-state index contributed by atoms with van der Waals surface area (Å²) in [7, 11) is -9.96. The van der Waals surface area contributed by atoms with Gasteiger partial charge in [0.15, 0.2) is 12.2 Å². The van der Waals surface area contributed by atoms with Crippen LogP contribution < -0.4 is 0 Å². The van der Waals surface area contributed by atoms with E-state index in [1.807, 2.05) is 0 Å². The topological polar surface area (TPSA) is 237 Å². The van der Waals surface area contributed by atoms with Crippen molar-refractivity contribution < 1.29 is 80.2 Å². The number of aliphatic hydroxyl groups is 1. The highest BCUT2D eigenvalue weighted by Crippen LogP contribution is 2.45. The number of phosphoric acid groups is 2. The normalized spacial score (nSPS) is 14.5. The second kappa shape index (κ2) is 74.7. The monoisotopic (exact) mass is 1470 g/mol. The molecule has 0 radical (unpaired) electrons.